The van der Waals surface area contributed by atoms with E-state index in [1.807, 2.05) is 30.3 Å². The van der Waals surface area contributed by atoms with Crippen molar-refractivity contribution in [3.05, 3.63) is 52.1 Å². The molecule has 9 heteroatoms. The number of nitro benzene ring substituents is 1. The van der Waals surface area contributed by atoms with E-state index in [1.54, 1.807) is 6.07 Å². The monoisotopic (exact) mass is 369 g/mol. The number of piperazine rings is 1. The fraction of sp³-hybridized carbons (Fsp3) is 0.333. The standard InChI is InChI=1S/C18H20N6O3/c1-22-7-9-23(10-8-22)15-11-14(19-12-13-5-3-2-4-6-13)18(24(25)26)17-16(15)20-27-21-17/h2-6,11,19H,7-10,12H2,1H3/p+1. The lowest BCUT2D eigenvalue weighted by Crippen LogP contribution is -3.12. The van der Waals surface area contributed by atoms with Crippen molar-refractivity contribution >= 4 is 28.1 Å². The van der Waals surface area contributed by atoms with Gasteiger partial charge in [-0.3, -0.25) is 10.1 Å². The van der Waals surface area contributed by atoms with Gasteiger partial charge in [-0.2, -0.15) is 0 Å². The van der Waals surface area contributed by atoms with Gasteiger partial charge in [0.25, 0.3) is 0 Å². The summed E-state index contributed by atoms with van der Waals surface area (Å²) in [4.78, 5) is 14.9. The molecule has 0 unspecified atom stereocenters. The number of hydrogen-bond acceptors (Lipinski definition) is 7. The Labute approximate surface area is 155 Å². The van der Waals surface area contributed by atoms with E-state index >= 15 is 0 Å². The van der Waals surface area contributed by atoms with Crippen LogP contribution in [0, 0.1) is 10.1 Å². The van der Waals surface area contributed by atoms with Crippen LogP contribution in [0.1, 0.15) is 5.56 Å². The molecule has 1 aliphatic heterocycles. The van der Waals surface area contributed by atoms with Crippen molar-refractivity contribution in [3.63, 3.8) is 0 Å². The van der Waals surface area contributed by atoms with Gasteiger partial charge in [0.1, 0.15) is 5.69 Å². The molecule has 2 N–H and O–H groups in total. The van der Waals surface area contributed by atoms with Crippen LogP contribution in [-0.4, -0.2) is 48.5 Å². The second kappa shape index (κ2) is 7.20. The van der Waals surface area contributed by atoms with Crippen LogP contribution < -0.4 is 15.1 Å². The van der Waals surface area contributed by atoms with Crippen LogP contribution in [0.15, 0.2) is 41.0 Å². The van der Waals surface area contributed by atoms with E-state index in [9.17, 15) is 10.1 Å². The summed E-state index contributed by atoms with van der Waals surface area (Å²) in [6.07, 6.45) is 0. The normalized spacial score (nSPS) is 15.2. The molecule has 1 aliphatic rings. The van der Waals surface area contributed by atoms with Gasteiger partial charge in [-0.15, -0.1) is 0 Å². The van der Waals surface area contributed by atoms with Crippen LogP contribution in [0.3, 0.4) is 0 Å². The smallest absolute Gasteiger partial charge is 0.323 e. The van der Waals surface area contributed by atoms with Crippen molar-refractivity contribution in [1.82, 2.24) is 10.3 Å². The number of quaternary nitrogens is 1. The molecule has 0 amide bonds. The quantitative estimate of drug-likeness (QED) is 0.512. The van der Waals surface area contributed by atoms with E-state index in [4.69, 9.17) is 4.63 Å². The number of nitro groups is 1. The maximum Gasteiger partial charge on any atom is 0.323 e. The van der Waals surface area contributed by atoms with Gasteiger partial charge in [0.05, 0.1) is 43.8 Å². The van der Waals surface area contributed by atoms with Gasteiger partial charge in [-0.1, -0.05) is 30.3 Å². The van der Waals surface area contributed by atoms with Crippen LogP contribution >= 0.6 is 0 Å². The molecule has 2 heterocycles. The fourth-order valence-electron chi connectivity index (χ4n) is 3.40. The Hall–Kier alpha value is -3.20. The summed E-state index contributed by atoms with van der Waals surface area (Å²) in [6, 6.07) is 11.6. The van der Waals surface area contributed by atoms with Crippen molar-refractivity contribution in [2.24, 2.45) is 0 Å². The molecule has 0 radical (unpaired) electrons. The number of fused-ring (bicyclic) bond motifs is 1. The summed E-state index contributed by atoms with van der Waals surface area (Å²) >= 11 is 0. The summed E-state index contributed by atoms with van der Waals surface area (Å²) in [5.74, 6) is 0. The molecule has 3 aromatic rings. The first kappa shape index (κ1) is 17.2. The van der Waals surface area contributed by atoms with E-state index in [-0.39, 0.29) is 11.2 Å². The number of likely N-dealkylation sites (N-methyl/N-ethyl adjacent to an activating group) is 1. The first-order chi connectivity index (χ1) is 13.1. The molecule has 0 atom stereocenters. The number of nitrogens with one attached hydrogen (secondary N) is 2. The van der Waals surface area contributed by atoms with Gasteiger partial charge >= 0.3 is 5.69 Å². The second-order valence-electron chi connectivity index (χ2n) is 6.79. The lowest BCUT2D eigenvalue weighted by molar-refractivity contribution is -0.880. The molecular formula is C18H21N6O3+. The molecule has 1 aromatic heterocycles. The molecule has 140 valence electrons. The first-order valence-electron chi connectivity index (χ1n) is 8.91. The highest BCUT2D eigenvalue weighted by atomic mass is 16.6. The Morgan fingerprint density at radius 3 is 2.63 bits per heavy atom. The highest BCUT2D eigenvalue weighted by molar-refractivity contribution is 5.99. The van der Waals surface area contributed by atoms with Crippen molar-refractivity contribution < 1.29 is 14.5 Å². The maximum absolute atomic E-state index is 11.7. The van der Waals surface area contributed by atoms with E-state index in [2.05, 4.69) is 27.6 Å². The van der Waals surface area contributed by atoms with Crippen LogP contribution in [0.2, 0.25) is 0 Å². The van der Waals surface area contributed by atoms with Crippen molar-refractivity contribution in [1.29, 1.82) is 0 Å². The highest BCUT2D eigenvalue weighted by Gasteiger charge is 2.29. The van der Waals surface area contributed by atoms with Gasteiger partial charge in [0.2, 0.25) is 5.52 Å². The average molecular weight is 369 g/mol. The van der Waals surface area contributed by atoms with E-state index in [0.29, 0.717) is 17.7 Å². The zero-order valence-electron chi connectivity index (χ0n) is 15.0. The number of nitrogens with zero attached hydrogens (tertiary/aromatic N) is 4. The number of rotatable bonds is 5. The topological polar surface area (TPSA) is 102 Å². The Kier molecular flexibility index (Phi) is 4.59. The number of aromatic nitrogens is 2. The third kappa shape index (κ3) is 3.41. The molecule has 0 spiro atoms. The van der Waals surface area contributed by atoms with Crippen LogP contribution in [0.25, 0.3) is 11.0 Å². The van der Waals surface area contributed by atoms with Crippen molar-refractivity contribution in [2.45, 2.75) is 6.54 Å². The zero-order valence-corrected chi connectivity index (χ0v) is 15.0. The Morgan fingerprint density at radius 1 is 1.22 bits per heavy atom. The van der Waals surface area contributed by atoms with Gasteiger partial charge in [-0.05, 0) is 21.9 Å². The number of benzene rings is 2. The molecule has 27 heavy (non-hydrogen) atoms. The van der Waals surface area contributed by atoms with Crippen LogP contribution in [0.5, 0.6) is 0 Å². The number of hydrogen-bond donors (Lipinski definition) is 2. The lowest BCUT2D eigenvalue weighted by atomic mass is 10.1. The zero-order chi connectivity index (χ0) is 18.8. The highest BCUT2D eigenvalue weighted by Crippen LogP contribution is 2.38. The average Bonchev–Trinajstić information content (AvgIpc) is 3.16. The van der Waals surface area contributed by atoms with Gasteiger partial charge in [0, 0.05) is 6.54 Å². The molecule has 1 saturated heterocycles. The predicted octanol–water partition coefficient (Wildman–Crippen LogP) is 1.08. The second-order valence-corrected chi connectivity index (χ2v) is 6.79. The van der Waals surface area contributed by atoms with E-state index in [1.165, 1.54) is 4.90 Å². The minimum atomic E-state index is -0.433. The summed E-state index contributed by atoms with van der Waals surface area (Å²) in [7, 11) is 2.16. The third-order valence-corrected chi connectivity index (χ3v) is 4.96. The molecule has 2 aromatic carbocycles. The maximum atomic E-state index is 11.7. The van der Waals surface area contributed by atoms with Gasteiger partial charge in [-0.25, -0.2) is 4.63 Å². The van der Waals surface area contributed by atoms with E-state index < -0.39 is 4.92 Å². The third-order valence-electron chi connectivity index (χ3n) is 4.96. The first-order valence-corrected chi connectivity index (χ1v) is 8.91. The largest absolute Gasteiger partial charge is 0.375 e. The van der Waals surface area contributed by atoms with Crippen LogP contribution in [-0.2, 0) is 6.54 Å². The SMILES string of the molecule is C[NH+]1CCN(c2cc(NCc3ccccc3)c([N+](=O)[O-])c3nonc23)CC1. The lowest BCUT2D eigenvalue weighted by Gasteiger charge is -2.31. The van der Waals surface area contributed by atoms with Gasteiger partial charge in [0.15, 0.2) is 5.52 Å². The minimum Gasteiger partial charge on any atom is -0.375 e. The summed E-state index contributed by atoms with van der Waals surface area (Å²) < 4.78 is 4.86. The number of anilines is 2. The Balaban J connectivity index is 1.74. The minimum absolute atomic E-state index is 0.106. The predicted molar refractivity (Wildman–Crippen MR) is 101 cm³/mol. The summed E-state index contributed by atoms with van der Waals surface area (Å²) in [5, 5.41) is 22.7. The molecule has 9 nitrogen and oxygen atoms in total. The molecular weight excluding hydrogens is 348 g/mol. The Morgan fingerprint density at radius 2 is 1.93 bits per heavy atom. The molecule has 0 bridgehead atoms. The van der Waals surface area contributed by atoms with Crippen molar-refractivity contribution in [3.8, 4) is 0 Å². The molecule has 1 fully saturated rings. The molecule has 4 rings (SSSR count). The molecule has 0 aliphatic carbocycles. The molecule has 0 saturated carbocycles. The summed E-state index contributed by atoms with van der Waals surface area (Å²) in [6.45, 7) is 4.17. The van der Waals surface area contributed by atoms with Crippen LogP contribution in [0.4, 0.5) is 17.1 Å². The van der Waals surface area contributed by atoms with Gasteiger partial charge < -0.3 is 15.1 Å². The fourth-order valence-corrected chi connectivity index (χ4v) is 3.40. The van der Waals surface area contributed by atoms with Crippen molar-refractivity contribution in [2.75, 3.05) is 43.4 Å². The summed E-state index contributed by atoms with van der Waals surface area (Å²) in [5.41, 5.74) is 2.79. The van der Waals surface area contributed by atoms with E-state index in [0.717, 1.165) is 37.4 Å². The Bertz CT molecular complexity index is 950.